The highest BCUT2D eigenvalue weighted by atomic mass is 35.5. The van der Waals surface area contributed by atoms with Crippen LogP contribution in [0.2, 0.25) is 0 Å². The molecule has 0 saturated carbocycles. The van der Waals surface area contributed by atoms with Gasteiger partial charge in [-0.3, -0.25) is 9.69 Å². The van der Waals surface area contributed by atoms with Crippen LogP contribution in [0.15, 0.2) is 17.5 Å². The Morgan fingerprint density at radius 2 is 2.40 bits per heavy atom. The summed E-state index contributed by atoms with van der Waals surface area (Å²) in [5.74, 6) is 0.213. The highest BCUT2D eigenvalue weighted by Gasteiger charge is 2.21. The summed E-state index contributed by atoms with van der Waals surface area (Å²) in [6.45, 7) is 3.28. The number of nitrogens with zero attached hydrogens (tertiary/aromatic N) is 2. The van der Waals surface area contributed by atoms with Crippen LogP contribution in [0.4, 0.5) is 0 Å². The van der Waals surface area contributed by atoms with Crippen LogP contribution in [0.25, 0.3) is 0 Å². The lowest BCUT2D eigenvalue weighted by Crippen LogP contribution is -2.48. The number of piperidine rings is 1. The number of hydrogen-bond donors (Lipinski definition) is 1. The minimum atomic E-state index is 0. The molecular weight excluding hydrogens is 294 g/mol. The molecule has 1 unspecified atom stereocenters. The molecule has 1 N–H and O–H groups in total. The first-order valence-electron chi connectivity index (χ1n) is 6.85. The zero-order valence-electron chi connectivity index (χ0n) is 12.2. The van der Waals surface area contributed by atoms with E-state index >= 15 is 0 Å². The Labute approximate surface area is 131 Å². The Morgan fingerprint density at radius 1 is 1.60 bits per heavy atom. The molecule has 1 saturated heterocycles. The second kappa shape index (κ2) is 8.62. The largest absolute Gasteiger partial charge is 0.340 e. The number of amides is 1. The van der Waals surface area contributed by atoms with E-state index < -0.39 is 0 Å². The van der Waals surface area contributed by atoms with Crippen LogP contribution in [0, 0.1) is 0 Å². The third-order valence-corrected chi connectivity index (χ3v) is 4.53. The molecule has 1 atom stereocenters. The van der Waals surface area contributed by atoms with Crippen molar-refractivity contribution in [3.05, 3.63) is 22.4 Å². The fraction of sp³-hybridized carbons (Fsp3) is 0.643. The molecule has 2 heterocycles. The minimum absolute atomic E-state index is 0. The van der Waals surface area contributed by atoms with Gasteiger partial charge in [0.2, 0.25) is 5.91 Å². The van der Waals surface area contributed by atoms with Crippen LogP contribution in [0.5, 0.6) is 0 Å². The second-order valence-corrected chi connectivity index (χ2v) is 6.22. The molecule has 1 aliphatic rings. The highest BCUT2D eigenvalue weighted by Crippen LogP contribution is 2.12. The van der Waals surface area contributed by atoms with Gasteiger partial charge in [-0.05, 0) is 37.9 Å². The second-order valence-electron chi connectivity index (χ2n) is 5.19. The summed E-state index contributed by atoms with van der Waals surface area (Å²) in [4.78, 5) is 17.5. The Hall–Kier alpha value is -0.620. The number of carbonyl (C=O) groups is 1. The summed E-state index contributed by atoms with van der Waals surface area (Å²) in [5.41, 5.74) is 0. The molecule has 1 aromatic rings. The van der Waals surface area contributed by atoms with E-state index in [-0.39, 0.29) is 18.3 Å². The fourth-order valence-corrected chi connectivity index (χ4v) is 3.23. The first-order valence-corrected chi connectivity index (χ1v) is 7.73. The topological polar surface area (TPSA) is 35.6 Å². The number of carbonyl (C=O) groups excluding carboxylic acids is 1. The third-order valence-electron chi connectivity index (χ3n) is 3.67. The molecule has 2 rings (SSSR count). The molecule has 6 heteroatoms. The number of nitrogens with one attached hydrogen (secondary N) is 1. The molecule has 1 amide bonds. The normalized spacial score (nSPS) is 19.4. The van der Waals surface area contributed by atoms with Crippen LogP contribution in [-0.2, 0) is 11.3 Å². The SMILES string of the molecule is CNC1CCCN(CC(=O)N(C)Cc2cccs2)C1.Cl. The maximum absolute atomic E-state index is 12.2. The smallest absolute Gasteiger partial charge is 0.236 e. The van der Waals surface area contributed by atoms with Crippen LogP contribution in [-0.4, -0.2) is 55.5 Å². The van der Waals surface area contributed by atoms with Gasteiger partial charge in [0.15, 0.2) is 0 Å². The van der Waals surface area contributed by atoms with E-state index in [0.29, 0.717) is 12.6 Å². The average molecular weight is 318 g/mol. The Balaban J connectivity index is 0.00000200. The predicted octanol–water partition coefficient (Wildman–Crippen LogP) is 1.81. The number of likely N-dealkylation sites (tertiary alicyclic amines) is 1. The van der Waals surface area contributed by atoms with Gasteiger partial charge in [-0.2, -0.15) is 0 Å². The monoisotopic (exact) mass is 317 g/mol. The van der Waals surface area contributed by atoms with Crippen molar-refractivity contribution in [3.8, 4) is 0 Å². The summed E-state index contributed by atoms with van der Waals surface area (Å²) >= 11 is 1.70. The van der Waals surface area contributed by atoms with E-state index in [1.807, 2.05) is 25.1 Å². The van der Waals surface area contributed by atoms with Gasteiger partial charge in [-0.15, -0.1) is 23.7 Å². The van der Waals surface area contributed by atoms with Crippen LogP contribution >= 0.6 is 23.7 Å². The van der Waals surface area contributed by atoms with E-state index in [4.69, 9.17) is 0 Å². The zero-order chi connectivity index (χ0) is 13.7. The van der Waals surface area contributed by atoms with Gasteiger partial charge in [0.1, 0.15) is 0 Å². The molecule has 1 aliphatic heterocycles. The quantitative estimate of drug-likeness (QED) is 0.899. The summed E-state index contributed by atoms with van der Waals surface area (Å²) in [6, 6.07) is 4.64. The molecular formula is C14H24ClN3OS. The molecule has 4 nitrogen and oxygen atoms in total. The predicted molar refractivity (Wildman–Crippen MR) is 86.6 cm³/mol. The Kier molecular flexibility index (Phi) is 7.51. The van der Waals surface area contributed by atoms with Gasteiger partial charge in [0, 0.05) is 24.5 Å². The van der Waals surface area contributed by atoms with Crippen LogP contribution < -0.4 is 5.32 Å². The number of rotatable bonds is 5. The molecule has 1 fully saturated rings. The Morgan fingerprint density at radius 3 is 3.05 bits per heavy atom. The zero-order valence-corrected chi connectivity index (χ0v) is 13.8. The van der Waals surface area contributed by atoms with Gasteiger partial charge in [-0.25, -0.2) is 0 Å². The van der Waals surface area contributed by atoms with Gasteiger partial charge in [0.05, 0.1) is 13.1 Å². The van der Waals surface area contributed by atoms with Gasteiger partial charge in [0.25, 0.3) is 0 Å². The fourth-order valence-electron chi connectivity index (χ4n) is 2.47. The summed E-state index contributed by atoms with van der Waals surface area (Å²) in [7, 11) is 3.89. The van der Waals surface area contributed by atoms with Crippen molar-refractivity contribution in [2.75, 3.05) is 33.7 Å². The molecule has 0 radical (unpaired) electrons. The molecule has 1 aromatic heterocycles. The van der Waals surface area contributed by atoms with Gasteiger partial charge in [-0.1, -0.05) is 6.07 Å². The van der Waals surface area contributed by atoms with Crippen molar-refractivity contribution < 1.29 is 4.79 Å². The van der Waals surface area contributed by atoms with Crippen molar-refractivity contribution in [2.24, 2.45) is 0 Å². The van der Waals surface area contributed by atoms with E-state index in [1.54, 1.807) is 11.3 Å². The lowest BCUT2D eigenvalue weighted by Gasteiger charge is -2.33. The number of thiophene rings is 1. The first-order chi connectivity index (χ1) is 9.19. The van der Waals surface area contributed by atoms with Crippen molar-refractivity contribution >= 4 is 29.7 Å². The van der Waals surface area contributed by atoms with Crippen molar-refractivity contribution in [1.82, 2.24) is 15.1 Å². The number of likely N-dealkylation sites (N-methyl/N-ethyl adjacent to an activating group) is 2. The van der Waals surface area contributed by atoms with Gasteiger partial charge >= 0.3 is 0 Å². The average Bonchev–Trinajstić information content (AvgIpc) is 2.91. The molecule has 0 bridgehead atoms. The molecule has 20 heavy (non-hydrogen) atoms. The number of hydrogen-bond acceptors (Lipinski definition) is 4. The minimum Gasteiger partial charge on any atom is -0.340 e. The molecule has 0 aliphatic carbocycles. The molecule has 0 aromatic carbocycles. The van der Waals surface area contributed by atoms with Crippen molar-refractivity contribution in [2.45, 2.75) is 25.4 Å². The van der Waals surface area contributed by atoms with E-state index in [9.17, 15) is 4.79 Å². The van der Waals surface area contributed by atoms with E-state index in [0.717, 1.165) is 19.6 Å². The molecule has 114 valence electrons. The van der Waals surface area contributed by atoms with Crippen LogP contribution in [0.3, 0.4) is 0 Å². The van der Waals surface area contributed by atoms with E-state index in [1.165, 1.54) is 17.7 Å². The lowest BCUT2D eigenvalue weighted by atomic mass is 10.1. The molecule has 0 spiro atoms. The van der Waals surface area contributed by atoms with Crippen molar-refractivity contribution in [3.63, 3.8) is 0 Å². The van der Waals surface area contributed by atoms with Crippen LogP contribution in [0.1, 0.15) is 17.7 Å². The van der Waals surface area contributed by atoms with Gasteiger partial charge < -0.3 is 10.2 Å². The van der Waals surface area contributed by atoms with Crippen molar-refractivity contribution in [1.29, 1.82) is 0 Å². The third kappa shape index (κ3) is 5.05. The highest BCUT2D eigenvalue weighted by molar-refractivity contribution is 7.09. The maximum Gasteiger partial charge on any atom is 0.236 e. The standard InChI is InChI=1S/C14H23N3OS.ClH/c1-15-12-5-3-7-17(9-12)11-14(18)16(2)10-13-6-4-8-19-13;/h4,6,8,12,15H,3,5,7,9-11H2,1-2H3;1H. The first kappa shape index (κ1) is 17.4. The van der Waals surface area contributed by atoms with E-state index in [2.05, 4.69) is 21.7 Å². The summed E-state index contributed by atoms with van der Waals surface area (Å²) in [5, 5.41) is 5.36. The number of halogens is 1. The lowest BCUT2D eigenvalue weighted by molar-refractivity contribution is -0.131. The summed E-state index contributed by atoms with van der Waals surface area (Å²) in [6.07, 6.45) is 2.39. The maximum atomic E-state index is 12.2. The Bertz CT molecular complexity index is 399. The summed E-state index contributed by atoms with van der Waals surface area (Å²) < 4.78 is 0.